The highest BCUT2D eigenvalue weighted by Crippen LogP contribution is 2.30. The summed E-state index contributed by atoms with van der Waals surface area (Å²) < 4.78 is 10.3. The molecule has 6 heteroatoms. The summed E-state index contributed by atoms with van der Waals surface area (Å²) in [6, 6.07) is 12.6. The van der Waals surface area contributed by atoms with Crippen LogP contribution in [0.15, 0.2) is 51.8 Å². The topological polar surface area (TPSA) is 85.2 Å². The lowest BCUT2D eigenvalue weighted by atomic mass is 10.0. The normalized spacial score (nSPS) is 10.6. The Kier molecular flexibility index (Phi) is 4.29. The number of aryl methyl sites for hydroxylation is 1. The third-order valence-electron chi connectivity index (χ3n) is 3.49. The molecule has 0 spiro atoms. The van der Waals surface area contributed by atoms with Crippen LogP contribution in [0.1, 0.15) is 23.0 Å². The fraction of sp³-hybridized carbons (Fsp3) is 0.167. The Hall–Kier alpha value is -3.15. The van der Waals surface area contributed by atoms with Crippen molar-refractivity contribution in [3.63, 3.8) is 0 Å². The first kappa shape index (κ1) is 15.7. The fourth-order valence-electron chi connectivity index (χ4n) is 2.41. The molecule has 2 heterocycles. The van der Waals surface area contributed by atoms with Crippen LogP contribution in [0.2, 0.25) is 0 Å². The zero-order valence-corrected chi connectivity index (χ0v) is 13.3. The number of pyridine rings is 1. The highest BCUT2D eigenvalue weighted by molar-refractivity contribution is 5.92. The van der Waals surface area contributed by atoms with Crippen molar-refractivity contribution in [1.82, 2.24) is 10.1 Å². The number of aromatic amines is 1. The van der Waals surface area contributed by atoms with Crippen molar-refractivity contribution < 1.29 is 14.1 Å². The molecule has 0 aliphatic rings. The number of nitrogens with one attached hydrogen (secondary N) is 1. The van der Waals surface area contributed by atoms with E-state index in [1.54, 1.807) is 19.9 Å². The Morgan fingerprint density at radius 3 is 2.62 bits per heavy atom. The van der Waals surface area contributed by atoms with Crippen molar-refractivity contribution in [1.29, 1.82) is 0 Å². The van der Waals surface area contributed by atoms with Gasteiger partial charge in [0.15, 0.2) is 5.76 Å². The summed E-state index contributed by atoms with van der Waals surface area (Å²) >= 11 is 0. The highest BCUT2D eigenvalue weighted by Gasteiger charge is 2.19. The summed E-state index contributed by atoms with van der Waals surface area (Å²) in [4.78, 5) is 27.1. The molecule has 3 aromatic rings. The molecule has 0 fully saturated rings. The molecule has 0 radical (unpaired) electrons. The maximum absolute atomic E-state index is 12.3. The van der Waals surface area contributed by atoms with E-state index in [9.17, 15) is 9.59 Å². The van der Waals surface area contributed by atoms with E-state index in [-0.39, 0.29) is 12.2 Å². The molecule has 122 valence electrons. The lowest BCUT2D eigenvalue weighted by molar-refractivity contribution is 0.0524. The number of benzene rings is 1. The molecule has 0 saturated carbocycles. The molecule has 0 bridgehead atoms. The molecule has 1 N–H and O–H groups in total. The average molecular weight is 324 g/mol. The minimum atomic E-state index is -0.671. The van der Waals surface area contributed by atoms with Crippen LogP contribution >= 0.6 is 0 Å². The lowest BCUT2D eigenvalue weighted by Gasteiger charge is -2.09. The van der Waals surface area contributed by atoms with E-state index in [0.29, 0.717) is 22.7 Å². The van der Waals surface area contributed by atoms with E-state index in [1.165, 1.54) is 6.07 Å². The first-order chi connectivity index (χ1) is 11.6. The summed E-state index contributed by atoms with van der Waals surface area (Å²) in [6.45, 7) is 3.67. The van der Waals surface area contributed by atoms with E-state index < -0.39 is 11.5 Å². The van der Waals surface area contributed by atoms with Gasteiger partial charge in [0, 0.05) is 11.6 Å². The first-order valence-corrected chi connectivity index (χ1v) is 7.53. The van der Waals surface area contributed by atoms with Crippen molar-refractivity contribution in [2.45, 2.75) is 13.8 Å². The van der Waals surface area contributed by atoms with Crippen molar-refractivity contribution in [3.05, 3.63) is 64.1 Å². The smallest absolute Gasteiger partial charge is 0.343 e. The minimum absolute atomic E-state index is 0.0689. The molecular formula is C18H16N2O4. The predicted molar refractivity (Wildman–Crippen MR) is 88.7 cm³/mol. The summed E-state index contributed by atoms with van der Waals surface area (Å²) in [5, 5.41) is 3.88. The van der Waals surface area contributed by atoms with E-state index in [4.69, 9.17) is 9.26 Å². The van der Waals surface area contributed by atoms with Crippen LogP contribution in [0.3, 0.4) is 0 Å². The number of ether oxygens (including phenoxy) is 1. The summed E-state index contributed by atoms with van der Waals surface area (Å²) in [6.07, 6.45) is 0. The largest absolute Gasteiger partial charge is 0.462 e. The van der Waals surface area contributed by atoms with Crippen LogP contribution < -0.4 is 5.56 Å². The van der Waals surface area contributed by atoms with Gasteiger partial charge in [0.2, 0.25) is 0 Å². The molecule has 24 heavy (non-hydrogen) atoms. The lowest BCUT2D eigenvalue weighted by Crippen LogP contribution is -2.20. The molecule has 1 aromatic carbocycles. The Labute approximate surface area is 138 Å². The van der Waals surface area contributed by atoms with Crippen LogP contribution in [0, 0.1) is 6.92 Å². The second kappa shape index (κ2) is 6.54. The van der Waals surface area contributed by atoms with E-state index in [2.05, 4.69) is 10.1 Å². The molecular weight excluding hydrogens is 308 g/mol. The molecule has 3 rings (SSSR count). The van der Waals surface area contributed by atoms with Gasteiger partial charge in [-0.2, -0.15) is 0 Å². The fourth-order valence-corrected chi connectivity index (χ4v) is 2.41. The van der Waals surface area contributed by atoms with Crippen LogP contribution in [0.5, 0.6) is 0 Å². The van der Waals surface area contributed by atoms with Crippen molar-refractivity contribution in [3.8, 4) is 22.6 Å². The van der Waals surface area contributed by atoms with Crippen molar-refractivity contribution in [2.24, 2.45) is 0 Å². The maximum atomic E-state index is 12.3. The Morgan fingerprint density at radius 2 is 2.00 bits per heavy atom. The molecule has 0 unspecified atom stereocenters. The molecule has 0 amide bonds. The van der Waals surface area contributed by atoms with Gasteiger partial charge in [0.1, 0.15) is 5.56 Å². The predicted octanol–water partition coefficient (Wildman–Crippen LogP) is 3.18. The SMILES string of the molecule is CCOC(=O)c1cc(-c2cc(C)no2)c(-c2ccccc2)[nH]c1=O. The number of rotatable bonds is 4. The minimum Gasteiger partial charge on any atom is -0.462 e. The molecule has 0 aliphatic heterocycles. The number of nitrogens with zero attached hydrogens (tertiary/aromatic N) is 1. The van der Waals surface area contributed by atoms with Gasteiger partial charge in [-0.15, -0.1) is 0 Å². The number of esters is 1. The van der Waals surface area contributed by atoms with Gasteiger partial charge >= 0.3 is 5.97 Å². The zero-order valence-electron chi connectivity index (χ0n) is 13.3. The standard InChI is InChI=1S/C18H16N2O4/c1-3-23-18(22)14-10-13(15-9-11(2)20-24-15)16(19-17(14)21)12-7-5-4-6-8-12/h4-10H,3H2,1-2H3,(H,19,21). The first-order valence-electron chi connectivity index (χ1n) is 7.53. The van der Waals surface area contributed by atoms with Gasteiger partial charge in [-0.05, 0) is 25.5 Å². The molecule has 0 saturated heterocycles. The van der Waals surface area contributed by atoms with Crippen LogP contribution in [0.25, 0.3) is 22.6 Å². The van der Waals surface area contributed by atoms with E-state index in [1.807, 2.05) is 30.3 Å². The second-order valence-electron chi connectivity index (χ2n) is 5.22. The quantitative estimate of drug-likeness (QED) is 0.745. The number of carbonyl (C=O) groups is 1. The maximum Gasteiger partial charge on any atom is 0.343 e. The highest BCUT2D eigenvalue weighted by atomic mass is 16.5. The van der Waals surface area contributed by atoms with E-state index in [0.717, 1.165) is 5.56 Å². The van der Waals surface area contributed by atoms with Crippen molar-refractivity contribution >= 4 is 5.97 Å². The number of hydrogen-bond acceptors (Lipinski definition) is 5. The average Bonchev–Trinajstić information content (AvgIpc) is 3.02. The van der Waals surface area contributed by atoms with Crippen LogP contribution in [-0.4, -0.2) is 22.7 Å². The van der Waals surface area contributed by atoms with Crippen LogP contribution in [-0.2, 0) is 4.74 Å². The van der Waals surface area contributed by atoms with Gasteiger partial charge in [-0.25, -0.2) is 4.79 Å². The van der Waals surface area contributed by atoms with Crippen molar-refractivity contribution in [2.75, 3.05) is 6.61 Å². The van der Waals surface area contributed by atoms with Gasteiger partial charge < -0.3 is 14.2 Å². The molecule has 6 nitrogen and oxygen atoms in total. The van der Waals surface area contributed by atoms with Gasteiger partial charge in [0.25, 0.3) is 5.56 Å². The zero-order chi connectivity index (χ0) is 17.1. The second-order valence-corrected chi connectivity index (χ2v) is 5.22. The number of carbonyl (C=O) groups excluding carboxylic acids is 1. The van der Waals surface area contributed by atoms with Gasteiger partial charge in [0.05, 0.1) is 18.0 Å². The third kappa shape index (κ3) is 2.99. The van der Waals surface area contributed by atoms with Gasteiger partial charge in [-0.1, -0.05) is 35.5 Å². The van der Waals surface area contributed by atoms with Gasteiger partial charge in [-0.3, -0.25) is 4.79 Å². The Morgan fingerprint density at radius 1 is 1.25 bits per heavy atom. The Bertz CT molecular complexity index is 926. The number of hydrogen-bond donors (Lipinski definition) is 1. The van der Waals surface area contributed by atoms with Crippen LogP contribution in [0.4, 0.5) is 0 Å². The van der Waals surface area contributed by atoms with E-state index >= 15 is 0 Å². The third-order valence-corrected chi connectivity index (χ3v) is 3.49. The Balaban J connectivity index is 2.23. The monoisotopic (exact) mass is 324 g/mol. The molecule has 0 aliphatic carbocycles. The number of H-pyrrole nitrogens is 1. The number of aromatic nitrogens is 2. The summed E-state index contributed by atoms with van der Waals surface area (Å²) in [5.74, 6) is -0.205. The summed E-state index contributed by atoms with van der Waals surface area (Å²) in [7, 11) is 0. The summed E-state index contributed by atoms with van der Waals surface area (Å²) in [5.41, 5.74) is 2.06. The molecule has 0 atom stereocenters. The molecule has 2 aromatic heterocycles.